The van der Waals surface area contributed by atoms with Crippen molar-refractivity contribution in [3.63, 3.8) is 0 Å². The number of alkyl halides is 2. The standard InChI is InChI=1S/C12H13BrF3N/c13-10-5-9(6-11(14)7-10)1-3-17-4-2-12(15,16)8-17/h5-7H,1-4,8H2. The summed E-state index contributed by atoms with van der Waals surface area (Å²) in [6.07, 6.45) is 0.520. The lowest BCUT2D eigenvalue weighted by Crippen LogP contribution is -2.27. The molecule has 1 saturated heterocycles. The van der Waals surface area contributed by atoms with Gasteiger partial charge in [0.1, 0.15) is 5.82 Å². The predicted molar refractivity (Wildman–Crippen MR) is 63.8 cm³/mol. The van der Waals surface area contributed by atoms with Crippen molar-refractivity contribution in [1.82, 2.24) is 4.90 Å². The Hall–Kier alpha value is -0.550. The van der Waals surface area contributed by atoms with Gasteiger partial charge in [0.15, 0.2) is 0 Å². The average molecular weight is 308 g/mol. The van der Waals surface area contributed by atoms with E-state index in [1.165, 1.54) is 12.1 Å². The van der Waals surface area contributed by atoms with Gasteiger partial charge in [-0.2, -0.15) is 0 Å². The molecule has 1 fully saturated rings. The van der Waals surface area contributed by atoms with Crippen molar-refractivity contribution in [2.75, 3.05) is 19.6 Å². The second-order valence-corrected chi connectivity index (χ2v) is 5.33. The van der Waals surface area contributed by atoms with E-state index < -0.39 is 5.92 Å². The molecule has 0 N–H and O–H groups in total. The first-order chi connectivity index (χ1) is 7.94. The zero-order valence-electron chi connectivity index (χ0n) is 9.23. The monoisotopic (exact) mass is 307 g/mol. The molecule has 0 aliphatic carbocycles. The van der Waals surface area contributed by atoms with Crippen LogP contribution in [-0.4, -0.2) is 30.5 Å². The number of likely N-dealkylation sites (tertiary alicyclic amines) is 1. The van der Waals surface area contributed by atoms with Gasteiger partial charge in [0.25, 0.3) is 5.92 Å². The number of halogens is 4. The lowest BCUT2D eigenvalue weighted by atomic mass is 10.1. The molecule has 1 aromatic carbocycles. The molecule has 0 radical (unpaired) electrons. The van der Waals surface area contributed by atoms with Crippen LogP contribution in [0, 0.1) is 5.82 Å². The summed E-state index contributed by atoms with van der Waals surface area (Å²) < 4.78 is 39.6. The maximum atomic E-state index is 13.1. The molecule has 17 heavy (non-hydrogen) atoms. The zero-order valence-corrected chi connectivity index (χ0v) is 10.8. The van der Waals surface area contributed by atoms with E-state index in [0.29, 0.717) is 24.0 Å². The van der Waals surface area contributed by atoms with Gasteiger partial charge < -0.3 is 0 Å². The smallest absolute Gasteiger partial charge is 0.261 e. The summed E-state index contributed by atoms with van der Waals surface area (Å²) >= 11 is 3.21. The van der Waals surface area contributed by atoms with Crippen LogP contribution in [0.4, 0.5) is 13.2 Å². The summed E-state index contributed by atoms with van der Waals surface area (Å²) in [5.74, 6) is -2.86. The molecule has 5 heteroatoms. The second-order valence-electron chi connectivity index (χ2n) is 4.41. The summed E-state index contributed by atoms with van der Waals surface area (Å²) in [6.45, 7) is 0.790. The molecule has 0 atom stereocenters. The van der Waals surface area contributed by atoms with Crippen LogP contribution in [0.3, 0.4) is 0 Å². The van der Waals surface area contributed by atoms with E-state index in [0.717, 1.165) is 5.56 Å². The first-order valence-corrected chi connectivity index (χ1v) is 6.29. The molecule has 1 heterocycles. The van der Waals surface area contributed by atoms with Crippen LogP contribution in [-0.2, 0) is 6.42 Å². The quantitative estimate of drug-likeness (QED) is 0.826. The third-order valence-electron chi connectivity index (χ3n) is 2.89. The van der Waals surface area contributed by atoms with E-state index in [-0.39, 0.29) is 18.8 Å². The number of rotatable bonds is 3. The maximum Gasteiger partial charge on any atom is 0.261 e. The second kappa shape index (κ2) is 4.98. The molecular formula is C12H13BrF3N. The van der Waals surface area contributed by atoms with E-state index in [2.05, 4.69) is 15.9 Å². The van der Waals surface area contributed by atoms with E-state index in [4.69, 9.17) is 0 Å². The number of hydrogen-bond donors (Lipinski definition) is 0. The number of nitrogens with zero attached hydrogens (tertiary/aromatic N) is 1. The van der Waals surface area contributed by atoms with Crippen LogP contribution in [0.25, 0.3) is 0 Å². The molecule has 0 bridgehead atoms. The normalized spacial score (nSPS) is 19.8. The molecule has 0 amide bonds. The molecule has 0 saturated carbocycles. The zero-order chi connectivity index (χ0) is 12.5. The van der Waals surface area contributed by atoms with Gasteiger partial charge in [-0.25, -0.2) is 13.2 Å². The SMILES string of the molecule is Fc1cc(Br)cc(CCN2CCC(F)(F)C2)c1. The van der Waals surface area contributed by atoms with Gasteiger partial charge >= 0.3 is 0 Å². The molecule has 1 aromatic rings. The highest BCUT2D eigenvalue weighted by Crippen LogP contribution is 2.26. The minimum Gasteiger partial charge on any atom is -0.297 e. The van der Waals surface area contributed by atoms with Crippen molar-refractivity contribution in [1.29, 1.82) is 0 Å². The Kier molecular flexibility index (Phi) is 3.78. The van der Waals surface area contributed by atoms with Gasteiger partial charge in [-0.15, -0.1) is 0 Å². The van der Waals surface area contributed by atoms with Crippen molar-refractivity contribution in [3.05, 3.63) is 34.1 Å². The predicted octanol–water partition coefficient (Wildman–Crippen LogP) is 3.47. The minimum absolute atomic E-state index is 0.0696. The van der Waals surface area contributed by atoms with Gasteiger partial charge in [-0.3, -0.25) is 4.90 Å². The highest BCUT2D eigenvalue weighted by atomic mass is 79.9. The third kappa shape index (κ3) is 3.71. The lowest BCUT2D eigenvalue weighted by Gasteiger charge is -2.15. The van der Waals surface area contributed by atoms with Gasteiger partial charge in [-0.1, -0.05) is 15.9 Å². The van der Waals surface area contributed by atoms with Crippen molar-refractivity contribution in [2.24, 2.45) is 0 Å². The van der Waals surface area contributed by atoms with Crippen molar-refractivity contribution in [3.8, 4) is 0 Å². The van der Waals surface area contributed by atoms with Gasteiger partial charge in [-0.05, 0) is 30.2 Å². The third-order valence-corrected chi connectivity index (χ3v) is 3.35. The van der Waals surface area contributed by atoms with Crippen molar-refractivity contribution in [2.45, 2.75) is 18.8 Å². The fourth-order valence-corrected chi connectivity index (χ4v) is 2.55. The summed E-state index contributed by atoms with van der Waals surface area (Å²) in [5, 5.41) is 0. The molecular weight excluding hydrogens is 295 g/mol. The lowest BCUT2D eigenvalue weighted by molar-refractivity contribution is 0.0123. The summed E-state index contributed by atoms with van der Waals surface area (Å²) in [4.78, 5) is 1.72. The van der Waals surface area contributed by atoms with Crippen LogP contribution in [0.15, 0.2) is 22.7 Å². The fourth-order valence-electron chi connectivity index (χ4n) is 2.04. The fraction of sp³-hybridized carbons (Fsp3) is 0.500. The topological polar surface area (TPSA) is 3.24 Å². The largest absolute Gasteiger partial charge is 0.297 e. The van der Waals surface area contributed by atoms with Gasteiger partial charge in [0.2, 0.25) is 0 Å². The molecule has 1 aliphatic rings. The molecule has 94 valence electrons. The van der Waals surface area contributed by atoms with Gasteiger partial charge in [0.05, 0.1) is 6.54 Å². The molecule has 0 aromatic heterocycles. The van der Waals surface area contributed by atoms with E-state index in [1.54, 1.807) is 4.90 Å². The Bertz CT molecular complexity index is 388. The van der Waals surface area contributed by atoms with Crippen LogP contribution in [0.1, 0.15) is 12.0 Å². The summed E-state index contributed by atoms with van der Waals surface area (Å²) in [7, 11) is 0. The highest BCUT2D eigenvalue weighted by molar-refractivity contribution is 9.10. The number of benzene rings is 1. The molecule has 1 nitrogen and oxygen atoms in total. The molecule has 1 aliphatic heterocycles. The Morgan fingerprint density at radius 3 is 2.65 bits per heavy atom. The highest BCUT2D eigenvalue weighted by Gasteiger charge is 2.37. The first kappa shape index (κ1) is 12.9. The van der Waals surface area contributed by atoms with Crippen LogP contribution in [0.2, 0.25) is 0 Å². The van der Waals surface area contributed by atoms with Crippen molar-refractivity contribution >= 4 is 15.9 Å². The summed E-state index contributed by atoms with van der Waals surface area (Å²) in [6, 6.07) is 4.64. The minimum atomic E-state index is -2.55. The molecule has 2 rings (SSSR count). The Labute approximate surface area is 107 Å². The Balaban J connectivity index is 1.90. The van der Waals surface area contributed by atoms with Gasteiger partial charge in [0, 0.05) is 24.0 Å². The Morgan fingerprint density at radius 2 is 2.06 bits per heavy atom. The van der Waals surface area contributed by atoms with E-state index in [9.17, 15) is 13.2 Å². The van der Waals surface area contributed by atoms with Crippen LogP contribution in [0.5, 0.6) is 0 Å². The maximum absolute atomic E-state index is 13.1. The molecule has 0 unspecified atom stereocenters. The first-order valence-electron chi connectivity index (χ1n) is 5.50. The van der Waals surface area contributed by atoms with Crippen LogP contribution < -0.4 is 0 Å². The summed E-state index contributed by atoms with van der Waals surface area (Å²) in [5.41, 5.74) is 0.826. The van der Waals surface area contributed by atoms with Crippen molar-refractivity contribution < 1.29 is 13.2 Å². The molecule has 0 spiro atoms. The van der Waals surface area contributed by atoms with E-state index >= 15 is 0 Å². The van der Waals surface area contributed by atoms with E-state index in [1.807, 2.05) is 6.07 Å². The Morgan fingerprint density at radius 1 is 1.29 bits per heavy atom. The van der Waals surface area contributed by atoms with Crippen LogP contribution >= 0.6 is 15.9 Å². The number of hydrogen-bond acceptors (Lipinski definition) is 1. The average Bonchev–Trinajstić information content (AvgIpc) is 2.54.